The van der Waals surface area contributed by atoms with Gasteiger partial charge in [-0.15, -0.1) is 0 Å². The molecule has 1 N–H and O–H groups in total. The van der Waals surface area contributed by atoms with Gasteiger partial charge >= 0.3 is 0 Å². The molecule has 1 aromatic carbocycles. The molecule has 0 spiro atoms. The van der Waals surface area contributed by atoms with E-state index in [1.165, 1.54) is 22.5 Å². The summed E-state index contributed by atoms with van der Waals surface area (Å²) in [5.74, 6) is -1.15. The molecule has 0 bridgehead atoms. The highest BCUT2D eigenvalue weighted by Gasteiger charge is 2.36. The van der Waals surface area contributed by atoms with E-state index in [9.17, 15) is 22.7 Å². The van der Waals surface area contributed by atoms with E-state index in [1.54, 1.807) is 18.0 Å². The van der Waals surface area contributed by atoms with Gasteiger partial charge in [-0.2, -0.15) is 0 Å². The van der Waals surface area contributed by atoms with Gasteiger partial charge in [-0.25, -0.2) is 17.1 Å². The fourth-order valence-electron chi connectivity index (χ4n) is 4.28. The first-order valence-electron chi connectivity index (χ1n) is 9.95. The zero-order chi connectivity index (χ0) is 20.3. The van der Waals surface area contributed by atoms with Gasteiger partial charge in [-0.1, -0.05) is 31.0 Å². The number of sulfonamides is 1. The van der Waals surface area contributed by atoms with E-state index in [4.69, 9.17) is 0 Å². The third-order valence-electron chi connectivity index (χ3n) is 6.03. The Morgan fingerprint density at radius 1 is 1.18 bits per heavy atom. The molecule has 0 aromatic heterocycles. The molecule has 6 nitrogen and oxygen atoms in total. The number of aliphatic hydroxyl groups is 1. The smallest absolute Gasteiger partial charge is 0.225 e. The Morgan fingerprint density at radius 2 is 1.82 bits per heavy atom. The van der Waals surface area contributed by atoms with Crippen LogP contribution in [0.4, 0.5) is 4.39 Å². The fraction of sp³-hybridized carbons (Fsp3) is 0.650. The summed E-state index contributed by atoms with van der Waals surface area (Å²) in [5, 5.41) is 10.2. The van der Waals surface area contributed by atoms with Gasteiger partial charge in [0.05, 0.1) is 17.9 Å². The first-order chi connectivity index (χ1) is 13.3. The van der Waals surface area contributed by atoms with Gasteiger partial charge < -0.3 is 10.0 Å². The number of rotatable bonds is 5. The standard InChI is InChI=1S/C20H29FN2O4S/c1-22(18-8-4-5-9-19(18)24)20(25)15-10-12-23(13-11-15)28(26,27)14-16-6-2-3-7-17(16)21/h2-3,6-7,15,18-19,24H,4-5,8-14H2,1H3. The minimum absolute atomic E-state index is 0.0166. The molecule has 1 heterocycles. The largest absolute Gasteiger partial charge is 0.391 e. The second kappa shape index (κ2) is 8.88. The lowest BCUT2D eigenvalue weighted by atomic mass is 9.89. The molecule has 156 valence electrons. The molecule has 1 aliphatic heterocycles. The number of carbonyl (C=O) groups excluding carboxylic acids is 1. The average Bonchev–Trinajstić information content (AvgIpc) is 2.69. The minimum atomic E-state index is -3.63. The maximum atomic E-state index is 13.8. The lowest BCUT2D eigenvalue weighted by Gasteiger charge is -2.38. The topological polar surface area (TPSA) is 77.9 Å². The number of carbonyl (C=O) groups is 1. The highest BCUT2D eigenvalue weighted by molar-refractivity contribution is 7.88. The van der Waals surface area contributed by atoms with Crippen LogP contribution in [0.25, 0.3) is 0 Å². The lowest BCUT2D eigenvalue weighted by molar-refractivity contribution is -0.141. The number of hydrogen-bond acceptors (Lipinski definition) is 4. The van der Waals surface area contributed by atoms with Crippen LogP contribution in [0.15, 0.2) is 24.3 Å². The molecular formula is C20H29FN2O4S. The van der Waals surface area contributed by atoms with Gasteiger partial charge in [0.15, 0.2) is 0 Å². The predicted molar refractivity (Wildman–Crippen MR) is 104 cm³/mol. The second-order valence-electron chi connectivity index (χ2n) is 7.89. The van der Waals surface area contributed by atoms with Crippen molar-refractivity contribution in [1.29, 1.82) is 0 Å². The Hall–Kier alpha value is -1.51. The van der Waals surface area contributed by atoms with Crippen LogP contribution in [0.1, 0.15) is 44.1 Å². The molecular weight excluding hydrogens is 383 g/mol. The quantitative estimate of drug-likeness (QED) is 0.804. The van der Waals surface area contributed by atoms with Gasteiger partial charge in [-0.3, -0.25) is 4.79 Å². The van der Waals surface area contributed by atoms with Crippen LogP contribution in [0, 0.1) is 11.7 Å². The molecule has 1 aromatic rings. The van der Waals surface area contributed by atoms with Gasteiger partial charge in [0.25, 0.3) is 0 Å². The summed E-state index contributed by atoms with van der Waals surface area (Å²) in [6.45, 7) is 0.516. The maximum absolute atomic E-state index is 13.8. The maximum Gasteiger partial charge on any atom is 0.225 e. The first-order valence-corrected chi connectivity index (χ1v) is 11.6. The van der Waals surface area contributed by atoms with Crippen molar-refractivity contribution in [3.05, 3.63) is 35.6 Å². The third-order valence-corrected chi connectivity index (χ3v) is 7.86. The van der Waals surface area contributed by atoms with Gasteiger partial charge in [-0.05, 0) is 31.7 Å². The zero-order valence-electron chi connectivity index (χ0n) is 16.3. The van der Waals surface area contributed by atoms with Crippen LogP contribution in [0.5, 0.6) is 0 Å². The Bertz CT molecular complexity index is 793. The van der Waals surface area contributed by atoms with Crippen molar-refractivity contribution in [2.45, 2.75) is 56.4 Å². The van der Waals surface area contributed by atoms with Crippen LogP contribution >= 0.6 is 0 Å². The highest BCUT2D eigenvalue weighted by atomic mass is 32.2. The van der Waals surface area contributed by atoms with Crippen molar-refractivity contribution in [1.82, 2.24) is 9.21 Å². The summed E-state index contributed by atoms with van der Waals surface area (Å²) in [5.41, 5.74) is 0.159. The van der Waals surface area contributed by atoms with E-state index in [2.05, 4.69) is 0 Å². The van der Waals surface area contributed by atoms with Gasteiger partial charge in [0.2, 0.25) is 15.9 Å². The number of aliphatic hydroxyl groups excluding tert-OH is 1. The SMILES string of the molecule is CN(C(=O)C1CCN(S(=O)(=O)Cc2ccccc2F)CC1)C1CCCCC1O. The predicted octanol–water partition coefficient (Wildman–Crippen LogP) is 2.13. The summed E-state index contributed by atoms with van der Waals surface area (Å²) in [7, 11) is -1.89. The Kier molecular flexibility index (Phi) is 6.73. The molecule has 0 radical (unpaired) electrons. The molecule has 3 rings (SSSR count). The Morgan fingerprint density at radius 3 is 2.46 bits per heavy atom. The number of likely N-dealkylation sites (N-methyl/N-ethyl adjacent to an activating group) is 1. The summed E-state index contributed by atoms with van der Waals surface area (Å²) < 4.78 is 40.4. The fourth-order valence-corrected chi connectivity index (χ4v) is 5.86. The lowest BCUT2D eigenvalue weighted by Crippen LogP contribution is -2.50. The molecule has 2 unspecified atom stereocenters. The summed E-state index contributed by atoms with van der Waals surface area (Å²) >= 11 is 0. The molecule has 1 aliphatic carbocycles. The van der Waals surface area contributed by atoms with Gasteiger partial charge in [0.1, 0.15) is 5.82 Å². The van der Waals surface area contributed by atoms with Gasteiger partial charge in [0, 0.05) is 31.6 Å². The molecule has 2 fully saturated rings. The van der Waals surface area contributed by atoms with Crippen LogP contribution in [-0.4, -0.2) is 60.9 Å². The second-order valence-corrected chi connectivity index (χ2v) is 9.86. The van der Waals surface area contributed by atoms with Crippen LogP contribution in [-0.2, 0) is 20.6 Å². The van der Waals surface area contributed by atoms with Crippen molar-refractivity contribution in [3.8, 4) is 0 Å². The number of nitrogens with zero attached hydrogens (tertiary/aromatic N) is 2. The van der Waals surface area contributed by atoms with Crippen LogP contribution in [0.2, 0.25) is 0 Å². The van der Waals surface area contributed by atoms with Crippen LogP contribution < -0.4 is 0 Å². The molecule has 1 saturated carbocycles. The van der Waals surface area contributed by atoms with E-state index in [0.29, 0.717) is 12.8 Å². The normalized spacial score (nSPS) is 24.8. The van der Waals surface area contributed by atoms with Crippen molar-refractivity contribution >= 4 is 15.9 Å². The number of benzene rings is 1. The summed E-state index contributed by atoms with van der Waals surface area (Å²) in [6, 6.07) is 5.74. The van der Waals surface area contributed by atoms with Crippen molar-refractivity contribution in [3.63, 3.8) is 0 Å². The average molecular weight is 413 g/mol. The highest BCUT2D eigenvalue weighted by Crippen LogP contribution is 2.27. The first kappa shape index (κ1) is 21.2. The van der Waals surface area contributed by atoms with Crippen molar-refractivity contribution < 1.29 is 22.7 Å². The number of hydrogen-bond donors (Lipinski definition) is 1. The molecule has 2 atom stereocenters. The number of amides is 1. The van der Waals surface area contributed by atoms with E-state index in [0.717, 1.165) is 25.7 Å². The van der Waals surface area contributed by atoms with E-state index >= 15 is 0 Å². The molecule has 28 heavy (non-hydrogen) atoms. The number of halogens is 1. The summed E-state index contributed by atoms with van der Waals surface area (Å²) in [6.07, 6.45) is 3.92. The summed E-state index contributed by atoms with van der Waals surface area (Å²) in [4.78, 5) is 14.5. The zero-order valence-corrected chi connectivity index (χ0v) is 17.1. The minimum Gasteiger partial charge on any atom is -0.391 e. The monoisotopic (exact) mass is 412 g/mol. The third kappa shape index (κ3) is 4.72. The van der Waals surface area contributed by atoms with E-state index < -0.39 is 21.9 Å². The van der Waals surface area contributed by atoms with Crippen LogP contribution in [0.3, 0.4) is 0 Å². The number of piperidine rings is 1. The molecule has 1 amide bonds. The van der Waals surface area contributed by atoms with Crippen molar-refractivity contribution in [2.75, 3.05) is 20.1 Å². The molecule has 2 aliphatic rings. The Labute approximate surface area is 166 Å². The molecule has 1 saturated heterocycles. The van der Waals surface area contributed by atoms with Crippen molar-refractivity contribution in [2.24, 2.45) is 5.92 Å². The van der Waals surface area contributed by atoms with E-state index in [-0.39, 0.29) is 42.3 Å². The van der Waals surface area contributed by atoms with E-state index in [1.807, 2.05) is 0 Å². The molecule has 8 heteroatoms. The Balaban J connectivity index is 1.57.